The molecule has 4 aromatic rings. The predicted molar refractivity (Wildman–Crippen MR) is 151 cm³/mol. The van der Waals surface area contributed by atoms with Crippen LogP contribution in [0, 0.1) is 0 Å². The lowest BCUT2D eigenvalue weighted by Crippen LogP contribution is -2.36. The number of ketones is 1. The van der Waals surface area contributed by atoms with Gasteiger partial charge in [0.2, 0.25) is 0 Å². The first-order valence-corrected chi connectivity index (χ1v) is 14.6. The van der Waals surface area contributed by atoms with E-state index in [-0.39, 0.29) is 18.1 Å². The van der Waals surface area contributed by atoms with Crippen molar-refractivity contribution in [2.75, 3.05) is 5.75 Å². The van der Waals surface area contributed by atoms with Gasteiger partial charge in [0, 0.05) is 23.8 Å². The minimum Gasteiger partial charge on any atom is -0.332 e. The summed E-state index contributed by atoms with van der Waals surface area (Å²) in [7, 11) is 0. The first-order chi connectivity index (χ1) is 17.7. The van der Waals surface area contributed by atoms with Crippen LogP contribution in [0.15, 0.2) is 54.6 Å². The highest BCUT2D eigenvalue weighted by Gasteiger charge is 2.42. The van der Waals surface area contributed by atoms with Crippen LogP contribution in [0.1, 0.15) is 56.9 Å². The molecule has 186 valence electrons. The van der Waals surface area contributed by atoms with Gasteiger partial charge >= 0.3 is 6.03 Å². The van der Waals surface area contributed by atoms with Gasteiger partial charge in [-0.25, -0.2) is 4.79 Å². The van der Waals surface area contributed by atoms with E-state index in [9.17, 15) is 9.59 Å². The summed E-state index contributed by atoms with van der Waals surface area (Å²) in [4.78, 5) is 23.9. The maximum atomic E-state index is 12.4. The average Bonchev–Trinajstić information content (AvgIpc) is 3.44. The van der Waals surface area contributed by atoms with Gasteiger partial charge < -0.3 is 10.6 Å². The predicted octanol–water partition coefficient (Wildman–Crippen LogP) is 6.98. The Kier molecular flexibility index (Phi) is 6.75. The molecule has 5 heteroatoms. The molecule has 6 rings (SSSR count). The van der Waals surface area contributed by atoms with E-state index in [2.05, 4.69) is 65.2 Å². The van der Waals surface area contributed by atoms with Crippen LogP contribution in [-0.4, -0.2) is 34.9 Å². The molecule has 0 aromatic heterocycles. The number of nitrogens with one attached hydrogen (secondary N) is 2. The molecule has 0 spiro atoms. The van der Waals surface area contributed by atoms with Gasteiger partial charge in [0.15, 0.2) is 0 Å². The number of rotatable bonds is 11. The van der Waals surface area contributed by atoms with Crippen LogP contribution in [-0.2, 0) is 11.2 Å². The number of urea groups is 1. The Balaban J connectivity index is 0.940. The van der Waals surface area contributed by atoms with Crippen molar-refractivity contribution in [2.45, 2.75) is 75.1 Å². The molecule has 0 bridgehead atoms. The summed E-state index contributed by atoms with van der Waals surface area (Å²) in [6.45, 7) is 0. The van der Waals surface area contributed by atoms with Crippen LogP contribution in [0.2, 0.25) is 0 Å². The number of fused-ring (bicyclic) bond motifs is 1. The summed E-state index contributed by atoms with van der Waals surface area (Å²) in [5.41, 5.74) is 1.42. The Bertz CT molecular complexity index is 1380. The lowest BCUT2D eigenvalue weighted by Gasteiger charge is -2.16. The van der Waals surface area contributed by atoms with Gasteiger partial charge in [0.1, 0.15) is 5.78 Å². The Morgan fingerprint density at radius 1 is 0.806 bits per heavy atom. The normalized spacial score (nSPS) is 21.3. The van der Waals surface area contributed by atoms with Crippen molar-refractivity contribution in [1.29, 1.82) is 0 Å². The number of benzene rings is 4. The van der Waals surface area contributed by atoms with Gasteiger partial charge in [-0.3, -0.25) is 4.79 Å². The van der Waals surface area contributed by atoms with Gasteiger partial charge in [0.05, 0.1) is 12.1 Å². The third kappa shape index (κ3) is 4.66. The maximum Gasteiger partial charge on any atom is 0.315 e. The molecule has 2 fully saturated rings. The minimum absolute atomic E-state index is 0.0235. The molecule has 3 atom stereocenters. The van der Waals surface area contributed by atoms with Crippen LogP contribution >= 0.6 is 11.8 Å². The van der Waals surface area contributed by atoms with E-state index in [1.165, 1.54) is 37.9 Å². The van der Waals surface area contributed by atoms with Crippen molar-refractivity contribution < 1.29 is 9.59 Å². The Hall–Kier alpha value is -2.79. The summed E-state index contributed by atoms with van der Waals surface area (Å²) < 4.78 is 0. The highest BCUT2D eigenvalue weighted by atomic mass is 32.2. The second-order valence-corrected chi connectivity index (χ2v) is 11.8. The first kappa shape index (κ1) is 23.6. The van der Waals surface area contributed by atoms with E-state index in [4.69, 9.17) is 0 Å². The molecule has 4 aromatic carbocycles. The summed E-state index contributed by atoms with van der Waals surface area (Å²) in [5.74, 6) is 1.41. The highest BCUT2D eigenvalue weighted by Crippen LogP contribution is 2.36. The molecule has 4 nitrogen and oxygen atoms in total. The number of carbonyl (C=O) groups is 2. The number of unbranched alkanes of at least 4 members (excludes halogenated alkanes) is 3. The summed E-state index contributed by atoms with van der Waals surface area (Å²) in [6, 6.07) is 20.7. The second kappa shape index (κ2) is 10.3. The van der Waals surface area contributed by atoms with Gasteiger partial charge in [0.25, 0.3) is 0 Å². The van der Waals surface area contributed by atoms with Crippen LogP contribution in [0.4, 0.5) is 4.79 Å². The zero-order valence-corrected chi connectivity index (χ0v) is 21.5. The fourth-order valence-electron chi connectivity index (χ4n) is 6.26. The van der Waals surface area contributed by atoms with Crippen molar-refractivity contribution in [2.24, 2.45) is 0 Å². The molecule has 36 heavy (non-hydrogen) atoms. The van der Waals surface area contributed by atoms with E-state index in [0.717, 1.165) is 50.7 Å². The molecule has 2 aliphatic heterocycles. The van der Waals surface area contributed by atoms with E-state index >= 15 is 0 Å². The van der Waals surface area contributed by atoms with Crippen molar-refractivity contribution in [3.63, 3.8) is 0 Å². The van der Waals surface area contributed by atoms with Crippen molar-refractivity contribution >= 4 is 55.9 Å². The second-order valence-electron chi connectivity index (χ2n) is 10.5. The number of amides is 2. The minimum atomic E-state index is -0.0235. The van der Waals surface area contributed by atoms with Gasteiger partial charge in [-0.05, 0) is 70.0 Å². The van der Waals surface area contributed by atoms with Crippen molar-refractivity contribution in [1.82, 2.24) is 10.6 Å². The number of Topliss-reactive ketones (excluding diaryl/α,β-unsaturated/α-hetero) is 1. The van der Waals surface area contributed by atoms with Crippen LogP contribution in [0.5, 0.6) is 0 Å². The molecule has 2 N–H and O–H groups in total. The third-order valence-electron chi connectivity index (χ3n) is 8.15. The molecule has 2 amide bonds. The SMILES string of the molecule is O=C(CCCCCc1ccc2ccc3cccc4ccc1c2c34)CCCC[C@@H]1SC[C@@H]2NC(=O)N[C@@H]21. The fraction of sp³-hybridized carbons (Fsp3) is 0.419. The number of hydrogen-bond donors (Lipinski definition) is 2. The first-order valence-electron chi connectivity index (χ1n) is 13.5. The monoisotopic (exact) mass is 498 g/mol. The molecule has 0 aliphatic carbocycles. The van der Waals surface area contributed by atoms with E-state index in [1.54, 1.807) is 0 Å². The number of thioether (sulfide) groups is 1. The van der Waals surface area contributed by atoms with Crippen LogP contribution in [0.3, 0.4) is 0 Å². The lowest BCUT2D eigenvalue weighted by atomic mass is 9.90. The summed E-state index contributed by atoms with van der Waals surface area (Å²) >= 11 is 1.95. The number of hydrogen-bond acceptors (Lipinski definition) is 3. The van der Waals surface area contributed by atoms with Gasteiger partial charge in [-0.15, -0.1) is 0 Å². The average molecular weight is 499 g/mol. The Morgan fingerprint density at radius 3 is 2.36 bits per heavy atom. The number of aryl methyl sites for hydroxylation is 1. The molecular weight excluding hydrogens is 464 g/mol. The van der Waals surface area contributed by atoms with Gasteiger partial charge in [-0.1, -0.05) is 67.4 Å². The molecule has 0 unspecified atom stereocenters. The molecule has 0 saturated carbocycles. The van der Waals surface area contributed by atoms with Crippen molar-refractivity contribution in [3.8, 4) is 0 Å². The molecule has 2 aliphatic rings. The standard InChI is InChI=1S/C31H34N2O2S/c34-24(11-4-5-12-27-30-26(19-36-27)32-31(35)33-30)10-3-1-2-7-20-13-14-23-16-15-21-8-6-9-22-17-18-25(20)29(23)28(21)22/h6,8-9,13-18,26-27,30H,1-5,7,10-12,19H2,(H2,32,33,35)/t26-,27-,30-/m0/s1. The van der Waals surface area contributed by atoms with E-state index < -0.39 is 0 Å². The van der Waals surface area contributed by atoms with Crippen molar-refractivity contribution in [3.05, 3.63) is 60.2 Å². The zero-order chi connectivity index (χ0) is 24.5. The molecule has 2 saturated heterocycles. The maximum absolute atomic E-state index is 12.4. The molecule has 2 heterocycles. The smallest absolute Gasteiger partial charge is 0.315 e. The largest absolute Gasteiger partial charge is 0.332 e. The van der Waals surface area contributed by atoms with Crippen LogP contribution in [0.25, 0.3) is 32.3 Å². The fourth-order valence-corrected chi connectivity index (χ4v) is 7.81. The molecule has 0 radical (unpaired) electrons. The Labute approximate surface area is 216 Å². The zero-order valence-electron chi connectivity index (χ0n) is 20.7. The van der Waals surface area contributed by atoms with E-state index in [1.807, 2.05) is 11.8 Å². The number of carbonyl (C=O) groups excluding carboxylic acids is 2. The highest BCUT2D eigenvalue weighted by molar-refractivity contribution is 8.00. The van der Waals surface area contributed by atoms with Crippen LogP contribution < -0.4 is 10.6 Å². The topological polar surface area (TPSA) is 58.2 Å². The molecular formula is C31H34N2O2S. The lowest BCUT2D eigenvalue weighted by molar-refractivity contribution is -0.119. The third-order valence-corrected chi connectivity index (χ3v) is 9.66. The Morgan fingerprint density at radius 2 is 1.53 bits per heavy atom. The summed E-state index contributed by atoms with van der Waals surface area (Å²) in [5, 5.41) is 14.6. The van der Waals surface area contributed by atoms with E-state index in [0.29, 0.717) is 23.9 Å². The summed E-state index contributed by atoms with van der Waals surface area (Å²) in [6.07, 6.45) is 8.81. The van der Waals surface area contributed by atoms with Gasteiger partial charge in [-0.2, -0.15) is 11.8 Å². The quantitative estimate of drug-likeness (QED) is 0.133.